The van der Waals surface area contributed by atoms with E-state index >= 15 is 0 Å². The molecule has 6 heteroatoms. The lowest BCUT2D eigenvalue weighted by atomic mass is 9.95. The molecule has 2 aliphatic rings. The van der Waals surface area contributed by atoms with Gasteiger partial charge in [-0.15, -0.1) is 0 Å². The first-order chi connectivity index (χ1) is 13.0. The van der Waals surface area contributed by atoms with Crippen molar-refractivity contribution in [3.63, 3.8) is 0 Å². The lowest BCUT2D eigenvalue weighted by Gasteiger charge is -2.36. The van der Waals surface area contributed by atoms with Crippen LogP contribution in [0.25, 0.3) is 0 Å². The zero-order valence-corrected chi connectivity index (χ0v) is 16.5. The number of likely N-dealkylation sites (tertiary alicyclic amines) is 1. The SMILES string of the molecule is CCN(CC)C(=O)[C@@H]1CCCN([C@H]2CC(=O)N(c3ccc(C)cc3)C2=O)C1. The number of hydrogen-bond acceptors (Lipinski definition) is 4. The smallest absolute Gasteiger partial charge is 0.251 e. The van der Waals surface area contributed by atoms with E-state index in [1.54, 1.807) is 0 Å². The van der Waals surface area contributed by atoms with E-state index in [1.165, 1.54) is 4.90 Å². The number of carbonyl (C=O) groups is 3. The normalized spacial score (nSPS) is 23.7. The molecule has 27 heavy (non-hydrogen) atoms. The molecule has 2 aliphatic heterocycles. The van der Waals surface area contributed by atoms with Crippen LogP contribution in [0.4, 0.5) is 5.69 Å². The molecule has 0 saturated carbocycles. The summed E-state index contributed by atoms with van der Waals surface area (Å²) in [6.45, 7) is 8.66. The number of rotatable bonds is 5. The maximum Gasteiger partial charge on any atom is 0.251 e. The standard InChI is InChI=1S/C21H29N3O3/c1-4-22(5-2)20(26)16-7-6-12-23(14-16)18-13-19(25)24(21(18)27)17-10-8-15(3)9-11-17/h8-11,16,18H,4-7,12-14H2,1-3H3/t16-,18+/m1/s1. The Morgan fingerprint density at radius 2 is 1.81 bits per heavy atom. The van der Waals surface area contributed by atoms with Crippen molar-refractivity contribution in [2.24, 2.45) is 5.92 Å². The molecule has 1 aromatic carbocycles. The maximum atomic E-state index is 13.0. The van der Waals surface area contributed by atoms with Crippen LogP contribution in [0.2, 0.25) is 0 Å². The van der Waals surface area contributed by atoms with Crippen LogP contribution in [0, 0.1) is 12.8 Å². The summed E-state index contributed by atoms with van der Waals surface area (Å²) in [4.78, 5) is 43.5. The first-order valence-electron chi connectivity index (χ1n) is 9.92. The van der Waals surface area contributed by atoms with Crippen LogP contribution >= 0.6 is 0 Å². The molecule has 2 heterocycles. The molecule has 2 fully saturated rings. The predicted molar refractivity (Wildman–Crippen MR) is 104 cm³/mol. The van der Waals surface area contributed by atoms with Crippen molar-refractivity contribution in [1.82, 2.24) is 9.80 Å². The van der Waals surface area contributed by atoms with Gasteiger partial charge in [-0.05, 0) is 52.3 Å². The number of hydrogen-bond donors (Lipinski definition) is 0. The first-order valence-corrected chi connectivity index (χ1v) is 9.92. The van der Waals surface area contributed by atoms with Crippen LogP contribution < -0.4 is 4.90 Å². The van der Waals surface area contributed by atoms with E-state index in [9.17, 15) is 14.4 Å². The minimum atomic E-state index is -0.453. The van der Waals surface area contributed by atoms with Gasteiger partial charge in [0.25, 0.3) is 5.91 Å². The van der Waals surface area contributed by atoms with Crippen molar-refractivity contribution in [1.29, 1.82) is 0 Å². The summed E-state index contributed by atoms with van der Waals surface area (Å²) in [5.74, 6) is -0.252. The summed E-state index contributed by atoms with van der Waals surface area (Å²) >= 11 is 0. The number of aryl methyl sites for hydroxylation is 1. The summed E-state index contributed by atoms with van der Waals surface area (Å²) in [5.41, 5.74) is 1.72. The van der Waals surface area contributed by atoms with Crippen molar-refractivity contribution in [3.8, 4) is 0 Å². The molecule has 1 aromatic rings. The Kier molecular flexibility index (Phi) is 5.95. The molecule has 0 radical (unpaired) electrons. The Labute approximate surface area is 161 Å². The number of nitrogens with zero attached hydrogens (tertiary/aromatic N) is 3. The fraction of sp³-hybridized carbons (Fsp3) is 0.571. The fourth-order valence-corrected chi connectivity index (χ4v) is 4.15. The monoisotopic (exact) mass is 371 g/mol. The van der Waals surface area contributed by atoms with Crippen LogP contribution in [0.5, 0.6) is 0 Å². The van der Waals surface area contributed by atoms with E-state index in [4.69, 9.17) is 0 Å². The van der Waals surface area contributed by atoms with Gasteiger partial charge in [-0.2, -0.15) is 0 Å². The molecule has 0 spiro atoms. The van der Waals surface area contributed by atoms with Crippen LogP contribution in [-0.2, 0) is 14.4 Å². The van der Waals surface area contributed by atoms with Gasteiger partial charge in [0.05, 0.1) is 24.1 Å². The second kappa shape index (κ2) is 8.21. The van der Waals surface area contributed by atoms with Crippen LogP contribution in [0.3, 0.4) is 0 Å². The molecule has 2 saturated heterocycles. The zero-order chi connectivity index (χ0) is 19.6. The molecule has 0 bridgehead atoms. The highest BCUT2D eigenvalue weighted by Crippen LogP contribution is 2.29. The Balaban J connectivity index is 1.72. The van der Waals surface area contributed by atoms with Gasteiger partial charge in [0.15, 0.2) is 0 Å². The number of carbonyl (C=O) groups excluding carboxylic acids is 3. The molecule has 146 valence electrons. The van der Waals surface area contributed by atoms with E-state index < -0.39 is 6.04 Å². The number of benzene rings is 1. The number of imide groups is 1. The van der Waals surface area contributed by atoms with Gasteiger partial charge in [0.1, 0.15) is 0 Å². The van der Waals surface area contributed by atoms with Crippen LogP contribution in [0.15, 0.2) is 24.3 Å². The minimum Gasteiger partial charge on any atom is -0.343 e. The summed E-state index contributed by atoms with van der Waals surface area (Å²) in [6.07, 6.45) is 1.92. The minimum absolute atomic E-state index is 0.0880. The van der Waals surface area contributed by atoms with E-state index in [0.29, 0.717) is 25.3 Å². The van der Waals surface area contributed by atoms with Crippen LogP contribution in [-0.4, -0.2) is 59.7 Å². The first kappa shape index (κ1) is 19.5. The highest BCUT2D eigenvalue weighted by atomic mass is 16.2. The topological polar surface area (TPSA) is 60.9 Å². The highest BCUT2D eigenvalue weighted by molar-refractivity contribution is 6.22. The maximum absolute atomic E-state index is 13.0. The second-order valence-electron chi connectivity index (χ2n) is 7.47. The predicted octanol–water partition coefficient (Wildman–Crippen LogP) is 2.21. The Hall–Kier alpha value is -2.21. The largest absolute Gasteiger partial charge is 0.343 e. The number of amides is 3. The molecule has 6 nitrogen and oxygen atoms in total. The summed E-state index contributed by atoms with van der Waals surface area (Å²) in [7, 11) is 0. The lowest BCUT2D eigenvalue weighted by molar-refractivity contribution is -0.138. The fourth-order valence-electron chi connectivity index (χ4n) is 4.15. The van der Waals surface area contributed by atoms with Crippen molar-refractivity contribution < 1.29 is 14.4 Å². The molecular formula is C21H29N3O3. The molecule has 0 unspecified atom stereocenters. The van der Waals surface area contributed by atoms with Gasteiger partial charge in [-0.25, -0.2) is 4.90 Å². The van der Waals surface area contributed by atoms with Crippen molar-refractivity contribution in [2.75, 3.05) is 31.1 Å². The average molecular weight is 371 g/mol. The van der Waals surface area contributed by atoms with E-state index in [0.717, 1.165) is 24.9 Å². The third-order valence-corrected chi connectivity index (χ3v) is 5.73. The van der Waals surface area contributed by atoms with Gasteiger partial charge in [0.2, 0.25) is 11.8 Å². The Morgan fingerprint density at radius 3 is 2.44 bits per heavy atom. The molecule has 0 N–H and O–H groups in total. The summed E-state index contributed by atoms with van der Waals surface area (Å²) in [6, 6.07) is 6.99. The molecular weight excluding hydrogens is 342 g/mol. The molecule has 0 aliphatic carbocycles. The van der Waals surface area contributed by atoms with Crippen molar-refractivity contribution in [3.05, 3.63) is 29.8 Å². The van der Waals surface area contributed by atoms with Gasteiger partial charge >= 0.3 is 0 Å². The average Bonchev–Trinajstić information content (AvgIpc) is 2.98. The quantitative estimate of drug-likeness (QED) is 0.745. The van der Waals surface area contributed by atoms with E-state index in [2.05, 4.69) is 0 Å². The van der Waals surface area contributed by atoms with Gasteiger partial charge in [0, 0.05) is 19.6 Å². The lowest BCUT2D eigenvalue weighted by Crippen LogP contribution is -2.50. The Bertz CT molecular complexity index is 712. The van der Waals surface area contributed by atoms with Gasteiger partial charge in [-0.1, -0.05) is 17.7 Å². The Morgan fingerprint density at radius 1 is 1.15 bits per heavy atom. The summed E-state index contributed by atoms with van der Waals surface area (Å²) < 4.78 is 0. The third kappa shape index (κ3) is 3.90. The molecule has 3 rings (SSSR count). The van der Waals surface area contributed by atoms with Gasteiger partial charge < -0.3 is 4.90 Å². The number of anilines is 1. The second-order valence-corrected chi connectivity index (χ2v) is 7.47. The third-order valence-electron chi connectivity index (χ3n) is 5.73. The molecule has 0 aromatic heterocycles. The highest BCUT2D eigenvalue weighted by Gasteiger charge is 2.44. The molecule has 2 atom stereocenters. The zero-order valence-electron chi connectivity index (χ0n) is 16.5. The number of piperidine rings is 1. The van der Waals surface area contributed by atoms with Gasteiger partial charge in [-0.3, -0.25) is 19.3 Å². The summed E-state index contributed by atoms with van der Waals surface area (Å²) in [5, 5.41) is 0. The van der Waals surface area contributed by atoms with Crippen LogP contribution in [0.1, 0.15) is 38.7 Å². The molecule has 3 amide bonds. The van der Waals surface area contributed by atoms with E-state index in [1.807, 2.05) is 54.8 Å². The van der Waals surface area contributed by atoms with Crippen molar-refractivity contribution in [2.45, 2.75) is 46.1 Å². The van der Waals surface area contributed by atoms with E-state index in [-0.39, 0.29) is 30.1 Å². The van der Waals surface area contributed by atoms with Crippen molar-refractivity contribution >= 4 is 23.4 Å².